The molecular formula is C17H17N5O. The van der Waals surface area contributed by atoms with Crippen molar-refractivity contribution in [1.29, 1.82) is 0 Å². The number of rotatable bonds is 2. The van der Waals surface area contributed by atoms with Crippen LogP contribution in [0.5, 0.6) is 0 Å². The van der Waals surface area contributed by atoms with E-state index in [2.05, 4.69) is 56.9 Å². The number of hydrogen-bond donors (Lipinski definition) is 3. The van der Waals surface area contributed by atoms with Crippen molar-refractivity contribution in [1.82, 2.24) is 20.4 Å². The molecule has 4 rings (SSSR count). The van der Waals surface area contributed by atoms with Crippen LogP contribution in [0.15, 0.2) is 30.5 Å². The van der Waals surface area contributed by atoms with Crippen molar-refractivity contribution < 1.29 is 4.79 Å². The van der Waals surface area contributed by atoms with E-state index in [0.29, 0.717) is 12.2 Å². The number of hydrogen-bond acceptors (Lipinski definition) is 3. The minimum Gasteiger partial charge on any atom is -0.309 e. The lowest BCUT2D eigenvalue weighted by Gasteiger charge is -2.22. The lowest BCUT2D eigenvalue weighted by molar-refractivity contribution is -0.116. The molecule has 1 aromatic carbocycles. The van der Waals surface area contributed by atoms with E-state index < -0.39 is 0 Å². The summed E-state index contributed by atoms with van der Waals surface area (Å²) in [5.41, 5.74) is 6.27. The first kappa shape index (κ1) is 13.8. The molecule has 0 spiro atoms. The van der Waals surface area contributed by atoms with Crippen LogP contribution in [-0.4, -0.2) is 26.3 Å². The van der Waals surface area contributed by atoms with Gasteiger partial charge in [-0.2, -0.15) is 10.2 Å². The number of aromatic amines is 2. The highest BCUT2D eigenvalue weighted by atomic mass is 16.1. The number of anilines is 1. The molecule has 3 aromatic rings. The molecule has 116 valence electrons. The van der Waals surface area contributed by atoms with Gasteiger partial charge in [-0.1, -0.05) is 29.8 Å². The maximum absolute atomic E-state index is 12.0. The summed E-state index contributed by atoms with van der Waals surface area (Å²) in [6.45, 7) is 4.03. The van der Waals surface area contributed by atoms with Crippen LogP contribution < -0.4 is 5.32 Å². The molecule has 2 aromatic heterocycles. The Hall–Kier alpha value is -2.89. The Morgan fingerprint density at radius 3 is 2.70 bits per heavy atom. The summed E-state index contributed by atoms with van der Waals surface area (Å²) < 4.78 is 0. The molecule has 0 radical (unpaired) electrons. The molecule has 3 heterocycles. The third-order valence-corrected chi connectivity index (χ3v) is 4.37. The largest absolute Gasteiger partial charge is 0.309 e. The van der Waals surface area contributed by atoms with Crippen LogP contribution in [0.4, 0.5) is 5.82 Å². The van der Waals surface area contributed by atoms with Gasteiger partial charge in [0, 0.05) is 29.2 Å². The minimum absolute atomic E-state index is 0.0231. The number of aryl methyl sites for hydroxylation is 2. The second-order valence-electron chi connectivity index (χ2n) is 5.98. The molecular weight excluding hydrogens is 290 g/mol. The average molecular weight is 307 g/mol. The summed E-state index contributed by atoms with van der Waals surface area (Å²) >= 11 is 0. The molecule has 3 N–H and O–H groups in total. The third kappa shape index (κ3) is 2.23. The Balaban J connectivity index is 1.83. The normalized spacial score (nSPS) is 17.0. The fraction of sp³-hybridized carbons (Fsp3) is 0.235. The van der Waals surface area contributed by atoms with E-state index in [9.17, 15) is 4.79 Å². The van der Waals surface area contributed by atoms with Crippen molar-refractivity contribution >= 4 is 11.7 Å². The summed E-state index contributed by atoms with van der Waals surface area (Å²) in [5.74, 6) is 0.553. The first-order chi connectivity index (χ1) is 11.1. The van der Waals surface area contributed by atoms with Crippen molar-refractivity contribution in [3.8, 4) is 11.3 Å². The van der Waals surface area contributed by atoms with E-state index in [1.54, 1.807) is 0 Å². The van der Waals surface area contributed by atoms with Gasteiger partial charge in [0.05, 0.1) is 11.9 Å². The molecule has 6 heteroatoms. The Bertz CT molecular complexity index is 875. The van der Waals surface area contributed by atoms with Crippen LogP contribution in [0.2, 0.25) is 0 Å². The molecule has 1 amide bonds. The highest BCUT2D eigenvalue weighted by Gasteiger charge is 2.32. The van der Waals surface area contributed by atoms with E-state index in [0.717, 1.165) is 28.1 Å². The van der Waals surface area contributed by atoms with Gasteiger partial charge in [-0.05, 0) is 19.4 Å². The van der Waals surface area contributed by atoms with Crippen molar-refractivity contribution in [3.63, 3.8) is 0 Å². The maximum atomic E-state index is 12.0. The molecule has 1 atom stereocenters. The molecule has 0 aliphatic carbocycles. The van der Waals surface area contributed by atoms with Crippen molar-refractivity contribution in [2.75, 3.05) is 5.32 Å². The van der Waals surface area contributed by atoms with Gasteiger partial charge in [0.2, 0.25) is 5.91 Å². The van der Waals surface area contributed by atoms with E-state index in [1.807, 2.05) is 13.1 Å². The number of carbonyl (C=O) groups is 1. The van der Waals surface area contributed by atoms with Gasteiger partial charge in [0.15, 0.2) is 5.82 Å². The van der Waals surface area contributed by atoms with Gasteiger partial charge >= 0.3 is 0 Å². The Kier molecular flexibility index (Phi) is 3.04. The van der Waals surface area contributed by atoms with E-state index in [1.165, 1.54) is 5.56 Å². The maximum Gasteiger partial charge on any atom is 0.226 e. The number of nitrogens with zero attached hydrogens (tertiary/aromatic N) is 2. The van der Waals surface area contributed by atoms with E-state index >= 15 is 0 Å². The van der Waals surface area contributed by atoms with Crippen molar-refractivity contribution in [2.24, 2.45) is 0 Å². The van der Waals surface area contributed by atoms with Gasteiger partial charge in [-0.15, -0.1) is 0 Å². The van der Waals surface area contributed by atoms with E-state index in [-0.39, 0.29) is 11.8 Å². The zero-order chi connectivity index (χ0) is 16.0. The quantitative estimate of drug-likeness (QED) is 0.680. The lowest BCUT2D eigenvalue weighted by Crippen LogP contribution is -2.23. The van der Waals surface area contributed by atoms with Crippen LogP contribution in [0.1, 0.15) is 34.7 Å². The first-order valence-corrected chi connectivity index (χ1v) is 7.58. The van der Waals surface area contributed by atoms with Crippen LogP contribution in [-0.2, 0) is 4.79 Å². The van der Waals surface area contributed by atoms with Crippen molar-refractivity contribution in [3.05, 3.63) is 52.8 Å². The standard InChI is InChI=1S/C17H17N5O/c1-9-3-5-11(6-4-9)16-13(8-18-21-16)12-7-14(23)19-17-15(12)10(2)20-22-17/h3-6,8,12H,7H2,1-2H3,(H,18,21)(H2,19,20,22,23). The predicted octanol–water partition coefficient (Wildman–Crippen LogP) is 2.89. The number of amides is 1. The highest BCUT2D eigenvalue weighted by Crippen LogP contribution is 2.40. The second kappa shape index (κ2) is 5.08. The molecule has 6 nitrogen and oxygen atoms in total. The van der Waals surface area contributed by atoms with E-state index in [4.69, 9.17) is 0 Å². The van der Waals surface area contributed by atoms with Gasteiger partial charge in [0.25, 0.3) is 0 Å². The highest BCUT2D eigenvalue weighted by molar-refractivity contribution is 5.94. The topological polar surface area (TPSA) is 86.5 Å². The zero-order valence-electron chi connectivity index (χ0n) is 13.0. The predicted molar refractivity (Wildman–Crippen MR) is 87.2 cm³/mol. The second-order valence-corrected chi connectivity index (χ2v) is 5.98. The number of nitrogens with one attached hydrogen (secondary N) is 3. The van der Waals surface area contributed by atoms with Gasteiger partial charge in [-0.3, -0.25) is 15.0 Å². The van der Waals surface area contributed by atoms with Crippen LogP contribution in [0.25, 0.3) is 11.3 Å². The van der Waals surface area contributed by atoms with Gasteiger partial charge < -0.3 is 5.32 Å². The number of H-pyrrole nitrogens is 2. The summed E-state index contributed by atoms with van der Waals surface area (Å²) in [6, 6.07) is 8.28. The fourth-order valence-electron chi connectivity index (χ4n) is 3.21. The van der Waals surface area contributed by atoms with Gasteiger partial charge in [-0.25, -0.2) is 0 Å². The molecule has 0 fully saturated rings. The summed E-state index contributed by atoms with van der Waals surface area (Å²) in [5, 5.41) is 17.3. The Morgan fingerprint density at radius 1 is 1.13 bits per heavy atom. The zero-order valence-corrected chi connectivity index (χ0v) is 13.0. The molecule has 0 bridgehead atoms. The SMILES string of the molecule is Cc1ccc(-c2[nH]ncc2C2CC(=O)Nc3n[nH]c(C)c32)cc1. The Labute approximate surface area is 133 Å². The van der Waals surface area contributed by atoms with Crippen molar-refractivity contribution in [2.45, 2.75) is 26.2 Å². The molecule has 0 saturated heterocycles. The summed E-state index contributed by atoms with van der Waals surface area (Å²) in [4.78, 5) is 12.0. The Morgan fingerprint density at radius 2 is 1.91 bits per heavy atom. The minimum atomic E-state index is -0.0486. The molecule has 1 aliphatic rings. The number of benzene rings is 1. The van der Waals surface area contributed by atoms with Crippen LogP contribution in [0, 0.1) is 13.8 Å². The monoisotopic (exact) mass is 307 g/mol. The molecule has 1 unspecified atom stereocenters. The molecule has 1 aliphatic heterocycles. The van der Waals surface area contributed by atoms with Gasteiger partial charge in [0.1, 0.15) is 0 Å². The number of aromatic nitrogens is 4. The lowest BCUT2D eigenvalue weighted by atomic mass is 9.85. The van der Waals surface area contributed by atoms with Crippen LogP contribution in [0.3, 0.4) is 0 Å². The third-order valence-electron chi connectivity index (χ3n) is 4.37. The first-order valence-electron chi connectivity index (χ1n) is 7.58. The fourth-order valence-corrected chi connectivity index (χ4v) is 3.21. The van der Waals surface area contributed by atoms with Crippen LogP contribution >= 0.6 is 0 Å². The smallest absolute Gasteiger partial charge is 0.226 e. The number of carbonyl (C=O) groups excluding carboxylic acids is 1. The number of fused-ring (bicyclic) bond motifs is 1. The summed E-state index contributed by atoms with van der Waals surface area (Å²) in [7, 11) is 0. The summed E-state index contributed by atoms with van der Waals surface area (Å²) in [6.07, 6.45) is 2.21. The molecule has 0 saturated carbocycles. The average Bonchev–Trinajstić information content (AvgIpc) is 3.15. The molecule has 23 heavy (non-hydrogen) atoms.